The summed E-state index contributed by atoms with van der Waals surface area (Å²) in [5, 5.41) is 23.3. The number of rotatable bonds is 64. The summed E-state index contributed by atoms with van der Waals surface area (Å²) in [6.45, 7) is 4.94. The summed E-state index contributed by atoms with van der Waals surface area (Å²) in [7, 11) is 0. The number of aliphatic hydroxyl groups excluding tert-OH is 2. The number of ether oxygens (including phenoxy) is 1. The van der Waals surface area contributed by atoms with Crippen molar-refractivity contribution >= 4 is 11.9 Å². The highest BCUT2D eigenvalue weighted by molar-refractivity contribution is 5.76. The van der Waals surface area contributed by atoms with Gasteiger partial charge < -0.3 is 20.3 Å². The molecule has 6 heteroatoms. The quantitative estimate of drug-likeness (QED) is 0.0320. The number of hydrogen-bond donors (Lipinski definition) is 3. The van der Waals surface area contributed by atoms with E-state index in [4.69, 9.17) is 4.74 Å². The van der Waals surface area contributed by atoms with E-state index in [1.165, 1.54) is 302 Å². The number of nitrogens with one attached hydrogen (secondary N) is 1. The van der Waals surface area contributed by atoms with Crippen LogP contribution < -0.4 is 5.32 Å². The first-order chi connectivity index (χ1) is 37.0. The summed E-state index contributed by atoms with van der Waals surface area (Å²) < 4.78 is 5.46. The van der Waals surface area contributed by atoms with E-state index in [0.29, 0.717) is 25.9 Å². The van der Waals surface area contributed by atoms with Gasteiger partial charge in [-0.2, -0.15) is 0 Å². The molecule has 0 saturated carbocycles. The lowest BCUT2D eigenvalue weighted by atomic mass is 10.0. The molecule has 0 aliphatic rings. The van der Waals surface area contributed by atoms with Crippen LogP contribution in [0.15, 0.2) is 24.3 Å². The van der Waals surface area contributed by atoms with E-state index in [9.17, 15) is 19.8 Å². The van der Waals surface area contributed by atoms with E-state index >= 15 is 0 Å². The molecule has 0 aliphatic heterocycles. The van der Waals surface area contributed by atoms with Crippen LogP contribution in [-0.2, 0) is 14.3 Å². The van der Waals surface area contributed by atoms with Gasteiger partial charge in [0.15, 0.2) is 0 Å². The van der Waals surface area contributed by atoms with Gasteiger partial charge in [-0.15, -0.1) is 0 Å². The first kappa shape index (κ1) is 73.3. The second-order valence-electron chi connectivity index (χ2n) is 23.5. The Kier molecular flexibility index (Phi) is 63.4. The fourth-order valence-electron chi connectivity index (χ4n) is 10.7. The van der Waals surface area contributed by atoms with Crippen molar-refractivity contribution in [3.8, 4) is 0 Å². The summed E-state index contributed by atoms with van der Waals surface area (Å²) in [5.74, 6) is -0.0222. The number of amides is 1. The highest BCUT2D eigenvalue weighted by atomic mass is 16.5. The third kappa shape index (κ3) is 61.4. The second-order valence-corrected chi connectivity index (χ2v) is 23.5. The molecule has 0 aromatic rings. The summed E-state index contributed by atoms with van der Waals surface area (Å²) >= 11 is 0. The Morgan fingerprint density at radius 1 is 0.360 bits per heavy atom. The minimum Gasteiger partial charge on any atom is -0.466 e. The average Bonchev–Trinajstić information content (AvgIpc) is 3.41. The van der Waals surface area contributed by atoms with Gasteiger partial charge in [-0.3, -0.25) is 9.59 Å². The fraction of sp³-hybridized carbons (Fsp3) is 0.913. The molecule has 2 unspecified atom stereocenters. The van der Waals surface area contributed by atoms with E-state index in [1.54, 1.807) is 0 Å². The lowest BCUT2D eigenvalue weighted by Gasteiger charge is -2.22. The molecule has 0 saturated heterocycles. The molecular formula is C69H133NO5. The topological polar surface area (TPSA) is 95.9 Å². The monoisotopic (exact) mass is 1060 g/mol. The summed E-state index contributed by atoms with van der Waals surface area (Å²) in [4.78, 5) is 24.5. The first-order valence-electron chi connectivity index (χ1n) is 34.1. The summed E-state index contributed by atoms with van der Waals surface area (Å²) in [5.41, 5.74) is 0. The highest BCUT2D eigenvalue weighted by Gasteiger charge is 2.20. The number of allylic oxidation sites excluding steroid dienone is 4. The molecule has 444 valence electrons. The van der Waals surface area contributed by atoms with E-state index in [1.807, 2.05) is 0 Å². The third-order valence-electron chi connectivity index (χ3n) is 16.0. The van der Waals surface area contributed by atoms with Crippen molar-refractivity contribution in [1.82, 2.24) is 5.32 Å². The van der Waals surface area contributed by atoms with Gasteiger partial charge in [0, 0.05) is 12.8 Å². The Bertz CT molecular complexity index is 1170. The van der Waals surface area contributed by atoms with E-state index in [2.05, 4.69) is 43.5 Å². The maximum Gasteiger partial charge on any atom is 0.305 e. The summed E-state index contributed by atoms with van der Waals surface area (Å²) in [6.07, 6.45) is 80.8. The van der Waals surface area contributed by atoms with Gasteiger partial charge in [-0.05, 0) is 70.6 Å². The minimum absolute atomic E-state index is 0.00743. The highest BCUT2D eigenvalue weighted by Crippen LogP contribution is 2.18. The summed E-state index contributed by atoms with van der Waals surface area (Å²) in [6, 6.07) is -0.539. The van der Waals surface area contributed by atoms with Gasteiger partial charge >= 0.3 is 5.97 Å². The number of aliphatic hydroxyl groups is 2. The number of esters is 1. The van der Waals surface area contributed by atoms with Crippen LogP contribution in [0.1, 0.15) is 380 Å². The van der Waals surface area contributed by atoms with Gasteiger partial charge in [0.2, 0.25) is 5.91 Å². The molecule has 1 amide bonds. The number of carbonyl (C=O) groups excluding carboxylic acids is 2. The molecule has 0 bridgehead atoms. The average molecular weight is 1060 g/mol. The number of carbonyl (C=O) groups is 2. The minimum atomic E-state index is -0.662. The van der Waals surface area contributed by atoms with Crippen LogP contribution >= 0.6 is 0 Å². The van der Waals surface area contributed by atoms with Crippen molar-refractivity contribution in [2.24, 2.45) is 0 Å². The smallest absolute Gasteiger partial charge is 0.305 e. The van der Waals surface area contributed by atoms with Crippen LogP contribution in [0.2, 0.25) is 0 Å². The van der Waals surface area contributed by atoms with Crippen molar-refractivity contribution < 1.29 is 24.5 Å². The maximum absolute atomic E-state index is 12.5. The molecular weight excluding hydrogens is 923 g/mol. The molecule has 6 nitrogen and oxygen atoms in total. The van der Waals surface area contributed by atoms with Crippen LogP contribution in [0, 0.1) is 0 Å². The van der Waals surface area contributed by atoms with Crippen molar-refractivity contribution in [2.75, 3.05) is 13.2 Å². The van der Waals surface area contributed by atoms with Gasteiger partial charge in [0.1, 0.15) is 0 Å². The van der Waals surface area contributed by atoms with Gasteiger partial charge in [0.05, 0.1) is 25.4 Å². The van der Waals surface area contributed by atoms with Crippen LogP contribution in [0.3, 0.4) is 0 Å². The number of unbranched alkanes of at least 4 members (excludes halogenated alkanes) is 49. The Hall–Kier alpha value is -1.66. The molecule has 0 spiro atoms. The SMILES string of the molecule is CCCC/C=C\CCCCCCCC(=O)OCCCCCCCCCCCCCC/C=C\CCCCCCCCCCCCCCCCCCC(=O)NC(CO)C(O)CCCCCCCCCCCCCCCCC. The molecule has 0 radical (unpaired) electrons. The zero-order chi connectivity index (χ0) is 54.3. The Labute approximate surface area is 469 Å². The lowest BCUT2D eigenvalue weighted by molar-refractivity contribution is -0.143. The van der Waals surface area contributed by atoms with Gasteiger partial charge in [0.25, 0.3) is 0 Å². The molecule has 0 aromatic heterocycles. The molecule has 3 N–H and O–H groups in total. The van der Waals surface area contributed by atoms with Crippen molar-refractivity contribution in [1.29, 1.82) is 0 Å². The first-order valence-corrected chi connectivity index (χ1v) is 34.1. The largest absolute Gasteiger partial charge is 0.466 e. The van der Waals surface area contributed by atoms with Crippen molar-refractivity contribution in [3.05, 3.63) is 24.3 Å². The predicted octanol–water partition coefficient (Wildman–Crippen LogP) is 21.8. The van der Waals surface area contributed by atoms with Crippen molar-refractivity contribution in [3.63, 3.8) is 0 Å². The molecule has 0 aliphatic carbocycles. The fourth-order valence-corrected chi connectivity index (χ4v) is 10.7. The van der Waals surface area contributed by atoms with E-state index in [0.717, 1.165) is 44.9 Å². The molecule has 0 rings (SSSR count). The second kappa shape index (κ2) is 64.9. The van der Waals surface area contributed by atoms with Crippen molar-refractivity contribution in [2.45, 2.75) is 392 Å². The Morgan fingerprint density at radius 2 is 0.640 bits per heavy atom. The van der Waals surface area contributed by atoms with Crippen LogP contribution in [0.25, 0.3) is 0 Å². The zero-order valence-electron chi connectivity index (χ0n) is 50.8. The van der Waals surface area contributed by atoms with Gasteiger partial charge in [-0.25, -0.2) is 0 Å². The zero-order valence-corrected chi connectivity index (χ0v) is 50.8. The molecule has 0 heterocycles. The molecule has 75 heavy (non-hydrogen) atoms. The molecule has 0 fully saturated rings. The lowest BCUT2D eigenvalue weighted by Crippen LogP contribution is -2.45. The normalized spacial score (nSPS) is 12.6. The standard InChI is InChI=1S/C69H133NO5/c1-3-5-7-9-11-13-15-16-35-38-42-45-49-53-57-61-67(72)66(65-71)70-68(73)62-58-54-50-46-43-39-36-33-31-29-27-25-23-21-19-17-18-20-22-24-26-28-30-32-34-37-40-44-48-52-56-60-64-75-69(74)63-59-55-51-47-41-14-12-10-8-6-4-2/h10,12,20,22,66-67,71-72H,3-9,11,13-19,21,23-65H2,1-2H3,(H,70,73)/b12-10-,22-20-. The van der Waals surface area contributed by atoms with Crippen LogP contribution in [-0.4, -0.2) is 47.4 Å². The van der Waals surface area contributed by atoms with E-state index < -0.39 is 12.1 Å². The van der Waals surface area contributed by atoms with Crippen LogP contribution in [0.5, 0.6) is 0 Å². The van der Waals surface area contributed by atoms with Gasteiger partial charge in [-0.1, -0.05) is 321 Å². The molecule has 2 atom stereocenters. The third-order valence-corrected chi connectivity index (χ3v) is 16.0. The predicted molar refractivity (Wildman–Crippen MR) is 329 cm³/mol. The maximum atomic E-state index is 12.5. The molecule has 0 aromatic carbocycles. The van der Waals surface area contributed by atoms with Crippen LogP contribution in [0.4, 0.5) is 0 Å². The van der Waals surface area contributed by atoms with E-state index in [-0.39, 0.29) is 18.5 Å². The Balaban J connectivity index is 3.35. The Morgan fingerprint density at radius 3 is 0.987 bits per heavy atom. The number of hydrogen-bond acceptors (Lipinski definition) is 5.